The number of hydrogen-bond acceptors (Lipinski definition) is 2. The van der Waals surface area contributed by atoms with E-state index < -0.39 is 0 Å². The van der Waals surface area contributed by atoms with Crippen molar-refractivity contribution in [2.24, 2.45) is 5.92 Å². The Morgan fingerprint density at radius 3 is 2.94 bits per heavy atom. The second-order valence-corrected chi connectivity index (χ2v) is 5.53. The van der Waals surface area contributed by atoms with Crippen molar-refractivity contribution in [3.05, 3.63) is 28.8 Å². The topological polar surface area (TPSA) is 55.1 Å². The van der Waals surface area contributed by atoms with E-state index in [1.165, 1.54) is 12.8 Å². The first kappa shape index (κ1) is 13.2. The Labute approximate surface area is 113 Å². The summed E-state index contributed by atoms with van der Waals surface area (Å²) in [6.45, 7) is 2.23. The third kappa shape index (κ3) is 2.96. The van der Waals surface area contributed by atoms with Gasteiger partial charge in [0.1, 0.15) is 0 Å². The maximum atomic E-state index is 12.1. The van der Waals surface area contributed by atoms with Crippen LogP contribution in [0, 0.1) is 5.92 Å². The molecule has 1 aromatic rings. The molecule has 2 unspecified atom stereocenters. The number of anilines is 1. The van der Waals surface area contributed by atoms with Crippen LogP contribution in [0.4, 0.5) is 5.69 Å². The van der Waals surface area contributed by atoms with Crippen LogP contribution in [0.1, 0.15) is 43.0 Å². The van der Waals surface area contributed by atoms with Crippen LogP contribution in [-0.2, 0) is 0 Å². The van der Waals surface area contributed by atoms with Gasteiger partial charge in [0.25, 0.3) is 5.91 Å². The Morgan fingerprint density at radius 2 is 2.22 bits per heavy atom. The molecule has 1 aromatic carbocycles. The summed E-state index contributed by atoms with van der Waals surface area (Å²) in [5, 5.41) is 3.40. The van der Waals surface area contributed by atoms with Gasteiger partial charge in [0, 0.05) is 6.04 Å². The van der Waals surface area contributed by atoms with E-state index >= 15 is 0 Å². The van der Waals surface area contributed by atoms with Crippen LogP contribution in [-0.4, -0.2) is 11.9 Å². The predicted octanol–water partition coefficient (Wildman–Crippen LogP) is 3.23. The number of amides is 1. The molecule has 4 heteroatoms. The van der Waals surface area contributed by atoms with E-state index in [2.05, 4.69) is 12.2 Å². The highest BCUT2D eigenvalue weighted by Gasteiger charge is 2.22. The minimum absolute atomic E-state index is 0.119. The van der Waals surface area contributed by atoms with Gasteiger partial charge in [-0.1, -0.05) is 37.4 Å². The van der Waals surface area contributed by atoms with Crippen molar-refractivity contribution in [3.63, 3.8) is 0 Å². The molecule has 0 aromatic heterocycles. The van der Waals surface area contributed by atoms with E-state index in [0.29, 0.717) is 22.2 Å². The van der Waals surface area contributed by atoms with Crippen molar-refractivity contribution < 1.29 is 4.79 Å². The van der Waals surface area contributed by atoms with Gasteiger partial charge in [0.15, 0.2) is 0 Å². The lowest BCUT2D eigenvalue weighted by Gasteiger charge is -2.27. The summed E-state index contributed by atoms with van der Waals surface area (Å²) >= 11 is 6.05. The smallest absolute Gasteiger partial charge is 0.253 e. The number of halogens is 1. The second kappa shape index (κ2) is 5.61. The highest BCUT2D eigenvalue weighted by molar-refractivity contribution is 6.36. The summed E-state index contributed by atoms with van der Waals surface area (Å²) < 4.78 is 0. The van der Waals surface area contributed by atoms with Crippen LogP contribution in [0.2, 0.25) is 5.02 Å². The number of carbonyl (C=O) groups is 1. The largest absolute Gasteiger partial charge is 0.398 e. The average Bonchev–Trinajstić information content (AvgIpc) is 2.32. The number of carbonyl (C=O) groups excluding carboxylic acids is 1. The summed E-state index contributed by atoms with van der Waals surface area (Å²) in [7, 11) is 0. The molecule has 1 fully saturated rings. The van der Waals surface area contributed by atoms with Gasteiger partial charge in [0.05, 0.1) is 16.3 Å². The van der Waals surface area contributed by atoms with E-state index in [1.54, 1.807) is 18.2 Å². The van der Waals surface area contributed by atoms with Crippen LogP contribution in [0.15, 0.2) is 18.2 Å². The number of hydrogen-bond donors (Lipinski definition) is 2. The van der Waals surface area contributed by atoms with E-state index in [1.807, 2.05) is 0 Å². The molecule has 0 heterocycles. The van der Waals surface area contributed by atoms with Gasteiger partial charge in [-0.25, -0.2) is 0 Å². The number of nitrogen functional groups attached to an aromatic ring is 1. The van der Waals surface area contributed by atoms with Crippen molar-refractivity contribution in [2.45, 2.75) is 38.6 Å². The maximum Gasteiger partial charge on any atom is 0.253 e. The van der Waals surface area contributed by atoms with E-state index in [-0.39, 0.29) is 11.9 Å². The molecule has 0 aliphatic heterocycles. The number of rotatable bonds is 2. The molecule has 0 saturated heterocycles. The molecule has 98 valence electrons. The minimum Gasteiger partial charge on any atom is -0.398 e. The van der Waals surface area contributed by atoms with Crippen LogP contribution in [0.3, 0.4) is 0 Å². The third-order valence-electron chi connectivity index (χ3n) is 3.54. The molecule has 1 aliphatic rings. The fraction of sp³-hybridized carbons (Fsp3) is 0.500. The van der Waals surface area contributed by atoms with E-state index in [4.69, 9.17) is 17.3 Å². The molecule has 3 nitrogen and oxygen atoms in total. The van der Waals surface area contributed by atoms with Gasteiger partial charge in [-0.15, -0.1) is 0 Å². The molecular formula is C14H19ClN2O. The lowest BCUT2D eigenvalue weighted by atomic mass is 9.87. The fourth-order valence-electron chi connectivity index (χ4n) is 2.55. The Kier molecular flexibility index (Phi) is 4.12. The molecule has 0 bridgehead atoms. The Balaban J connectivity index is 2.05. The minimum atomic E-state index is -0.119. The lowest BCUT2D eigenvalue weighted by molar-refractivity contribution is 0.0921. The summed E-state index contributed by atoms with van der Waals surface area (Å²) in [6.07, 6.45) is 4.53. The summed E-state index contributed by atoms with van der Waals surface area (Å²) in [5.74, 6) is 0.562. The second-order valence-electron chi connectivity index (χ2n) is 5.15. The molecule has 1 amide bonds. The summed E-state index contributed by atoms with van der Waals surface area (Å²) in [5.41, 5.74) is 6.61. The Morgan fingerprint density at radius 1 is 1.44 bits per heavy atom. The molecule has 0 radical (unpaired) electrons. The molecule has 2 rings (SSSR count). The lowest BCUT2D eigenvalue weighted by Crippen LogP contribution is -2.38. The van der Waals surface area contributed by atoms with Gasteiger partial charge in [-0.3, -0.25) is 4.79 Å². The van der Waals surface area contributed by atoms with Crippen LogP contribution in [0.25, 0.3) is 0 Å². The first-order valence-electron chi connectivity index (χ1n) is 6.42. The standard InChI is InChI=1S/C14H19ClN2O/c1-9-4-2-5-10(8-9)17-14(18)11-6-3-7-12(16)13(11)15/h3,6-7,9-10H,2,4-5,8,16H2,1H3,(H,17,18). The molecular weight excluding hydrogens is 248 g/mol. The van der Waals surface area contributed by atoms with Crippen LogP contribution < -0.4 is 11.1 Å². The van der Waals surface area contributed by atoms with Gasteiger partial charge in [-0.2, -0.15) is 0 Å². The third-order valence-corrected chi connectivity index (χ3v) is 3.97. The van der Waals surface area contributed by atoms with Gasteiger partial charge in [-0.05, 0) is 30.9 Å². The zero-order valence-electron chi connectivity index (χ0n) is 10.6. The summed E-state index contributed by atoms with van der Waals surface area (Å²) in [4.78, 5) is 12.1. The first-order valence-corrected chi connectivity index (χ1v) is 6.80. The highest BCUT2D eigenvalue weighted by atomic mass is 35.5. The number of benzene rings is 1. The molecule has 1 saturated carbocycles. The quantitative estimate of drug-likeness (QED) is 0.808. The van der Waals surface area contributed by atoms with Crippen LogP contribution in [0.5, 0.6) is 0 Å². The zero-order valence-corrected chi connectivity index (χ0v) is 11.3. The monoisotopic (exact) mass is 266 g/mol. The predicted molar refractivity (Wildman–Crippen MR) is 74.8 cm³/mol. The Bertz CT molecular complexity index is 447. The van der Waals surface area contributed by atoms with E-state index in [9.17, 15) is 4.79 Å². The first-order chi connectivity index (χ1) is 8.58. The van der Waals surface area contributed by atoms with Gasteiger partial charge < -0.3 is 11.1 Å². The SMILES string of the molecule is CC1CCCC(NC(=O)c2cccc(N)c2Cl)C1. The van der Waals surface area contributed by atoms with Gasteiger partial charge in [0.2, 0.25) is 0 Å². The van der Waals surface area contributed by atoms with Crippen molar-refractivity contribution in [1.29, 1.82) is 0 Å². The van der Waals surface area contributed by atoms with Crippen molar-refractivity contribution in [1.82, 2.24) is 5.32 Å². The molecule has 3 N–H and O–H groups in total. The zero-order chi connectivity index (χ0) is 13.1. The Hall–Kier alpha value is -1.22. The van der Waals surface area contributed by atoms with Crippen molar-refractivity contribution in [3.8, 4) is 0 Å². The van der Waals surface area contributed by atoms with E-state index in [0.717, 1.165) is 12.8 Å². The molecule has 0 spiro atoms. The number of nitrogens with two attached hydrogens (primary N) is 1. The molecule has 2 atom stereocenters. The van der Waals surface area contributed by atoms with Crippen molar-refractivity contribution >= 4 is 23.2 Å². The van der Waals surface area contributed by atoms with Crippen molar-refractivity contribution in [2.75, 3.05) is 5.73 Å². The average molecular weight is 267 g/mol. The summed E-state index contributed by atoms with van der Waals surface area (Å²) in [6, 6.07) is 5.42. The normalized spacial score (nSPS) is 23.7. The number of nitrogens with one attached hydrogen (secondary N) is 1. The highest BCUT2D eigenvalue weighted by Crippen LogP contribution is 2.26. The van der Waals surface area contributed by atoms with Gasteiger partial charge >= 0.3 is 0 Å². The fourth-order valence-corrected chi connectivity index (χ4v) is 2.77. The van der Waals surface area contributed by atoms with Crippen LogP contribution >= 0.6 is 11.6 Å². The maximum absolute atomic E-state index is 12.1. The molecule has 18 heavy (non-hydrogen) atoms. The molecule has 1 aliphatic carbocycles.